The Hall–Kier alpha value is -2.10. The highest BCUT2D eigenvalue weighted by molar-refractivity contribution is 5.93. The molecule has 1 amide bonds. The number of nitrogens with zero attached hydrogens (tertiary/aromatic N) is 2. The van der Waals surface area contributed by atoms with E-state index < -0.39 is 0 Å². The number of hydrogen-bond acceptors (Lipinski definition) is 2. The van der Waals surface area contributed by atoms with Crippen molar-refractivity contribution in [2.75, 3.05) is 6.54 Å². The number of rotatable bonds is 1. The van der Waals surface area contributed by atoms with Crippen LogP contribution in [0.15, 0.2) is 30.3 Å². The van der Waals surface area contributed by atoms with Crippen molar-refractivity contribution >= 4 is 5.91 Å². The van der Waals surface area contributed by atoms with Crippen LogP contribution in [0.3, 0.4) is 0 Å². The van der Waals surface area contributed by atoms with Gasteiger partial charge < -0.3 is 5.32 Å². The van der Waals surface area contributed by atoms with E-state index in [9.17, 15) is 4.79 Å². The number of hydrogen-bond donors (Lipinski definition) is 1. The second-order valence-electron chi connectivity index (χ2n) is 4.61. The molecule has 1 aromatic carbocycles. The van der Waals surface area contributed by atoms with E-state index in [1.807, 2.05) is 18.2 Å². The molecule has 0 saturated heterocycles. The zero-order valence-corrected chi connectivity index (χ0v) is 10.3. The number of amides is 1. The third kappa shape index (κ3) is 1.90. The predicted molar refractivity (Wildman–Crippen MR) is 69.4 cm³/mol. The van der Waals surface area contributed by atoms with Gasteiger partial charge in [0, 0.05) is 18.7 Å². The summed E-state index contributed by atoms with van der Waals surface area (Å²) in [6.45, 7) is 3.57. The van der Waals surface area contributed by atoms with Crippen molar-refractivity contribution in [1.29, 1.82) is 0 Å². The molecular weight excluding hydrogens is 226 g/mol. The summed E-state index contributed by atoms with van der Waals surface area (Å²) in [5.74, 6) is -0.0293. The molecule has 0 bridgehead atoms. The lowest BCUT2D eigenvalue weighted by molar-refractivity contribution is 0.0950. The standard InChI is InChI=1S/C14H15N3O/c1-10-3-5-11(6-4-10)12-9-13-14(18)15-7-2-8-17(13)16-12/h3-6,9H,2,7-8H2,1H3,(H,15,18). The fourth-order valence-electron chi connectivity index (χ4n) is 2.16. The van der Waals surface area contributed by atoms with E-state index in [1.54, 1.807) is 4.68 Å². The molecule has 3 rings (SSSR count). The van der Waals surface area contributed by atoms with Gasteiger partial charge in [0.2, 0.25) is 0 Å². The molecule has 18 heavy (non-hydrogen) atoms. The van der Waals surface area contributed by atoms with Gasteiger partial charge in [-0.25, -0.2) is 0 Å². The van der Waals surface area contributed by atoms with Crippen LogP contribution < -0.4 is 5.32 Å². The molecule has 1 aromatic heterocycles. The lowest BCUT2D eigenvalue weighted by Crippen LogP contribution is -2.22. The summed E-state index contributed by atoms with van der Waals surface area (Å²) in [4.78, 5) is 11.8. The molecule has 0 aliphatic carbocycles. The van der Waals surface area contributed by atoms with Crippen LogP contribution in [-0.2, 0) is 6.54 Å². The molecule has 4 heteroatoms. The van der Waals surface area contributed by atoms with E-state index in [4.69, 9.17) is 0 Å². The van der Waals surface area contributed by atoms with Gasteiger partial charge in [-0.15, -0.1) is 0 Å². The Labute approximate surface area is 106 Å². The Morgan fingerprint density at radius 1 is 1.28 bits per heavy atom. The summed E-state index contributed by atoms with van der Waals surface area (Å²) in [5, 5.41) is 7.39. The van der Waals surface area contributed by atoms with Crippen LogP contribution in [0.4, 0.5) is 0 Å². The topological polar surface area (TPSA) is 46.9 Å². The first-order chi connectivity index (χ1) is 8.74. The van der Waals surface area contributed by atoms with Gasteiger partial charge in [0.15, 0.2) is 0 Å². The highest BCUT2D eigenvalue weighted by Crippen LogP contribution is 2.20. The van der Waals surface area contributed by atoms with Gasteiger partial charge in [0.25, 0.3) is 5.91 Å². The Bertz CT molecular complexity index is 584. The van der Waals surface area contributed by atoms with Gasteiger partial charge in [0.1, 0.15) is 5.69 Å². The first-order valence-corrected chi connectivity index (χ1v) is 6.17. The van der Waals surface area contributed by atoms with Gasteiger partial charge in [0.05, 0.1) is 5.69 Å². The number of benzene rings is 1. The van der Waals surface area contributed by atoms with Crippen LogP contribution in [0.25, 0.3) is 11.3 Å². The van der Waals surface area contributed by atoms with Crippen LogP contribution in [0.5, 0.6) is 0 Å². The zero-order valence-electron chi connectivity index (χ0n) is 10.3. The molecule has 0 radical (unpaired) electrons. The summed E-state index contributed by atoms with van der Waals surface area (Å²) in [6, 6.07) is 10.1. The molecule has 0 fully saturated rings. The number of fused-ring (bicyclic) bond motifs is 1. The minimum atomic E-state index is -0.0293. The maximum Gasteiger partial charge on any atom is 0.269 e. The molecule has 0 unspecified atom stereocenters. The summed E-state index contributed by atoms with van der Waals surface area (Å²) in [6.07, 6.45) is 0.924. The Morgan fingerprint density at radius 3 is 2.83 bits per heavy atom. The number of aryl methyl sites for hydroxylation is 2. The lowest BCUT2D eigenvalue weighted by Gasteiger charge is -1.99. The number of aromatic nitrogens is 2. The smallest absolute Gasteiger partial charge is 0.269 e. The van der Waals surface area contributed by atoms with Crippen molar-refractivity contribution in [1.82, 2.24) is 15.1 Å². The molecule has 1 aliphatic heterocycles. The molecule has 2 heterocycles. The molecule has 2 aromatic rings. The molecule has 0 atom stereocenters. The average Bonchev–Trinajstić information content (AvgIpc) is 2.72. The number of nitrogens with one attached hydrogen (secondary N) is 1. The maximum atomic E-state index is 11.8. The zero-order chi connectivity index (χ0) is 12.5. The van der Waals surface area contributed by atoms with E-state index in [0.29, 0.717) is 5.69 Å². The molecule has 1 N–H and O–H groups in total. The Balaban J connectivity index is 2.02. The van der Waals surface area contributed by atoms with Crippen molar-refractivity contribution < 1.29 is 4.79 Å². The Morgan fingerprint density at radius 2 is 2.06 bits per heavy atom. The molecule has 92 valence electrons. The monoisotopic (exact) mass is 241 g/mol. The first kappa shape index (κ1) is 11.0. The quantitative estimate of drug-likeness (QED) is 0.830. The van der Waals surface area contributed by atoms with Gasteiger partial charge in [-0.1, -0.05) is 29.8 Å². The van der Waals surface area contributed by atoms with Crippen LogP contribution in [-0.4, -0.2) is 22.2 Å². The largest absolute Gasteiger partial charge is 0.351 e. The van der Waals surface area contributed by atoms with Crippen molar-refractivity contribution in [2.24, 2.45) is 0 Å². The minimum absolute atomic E-state index is 0.0293. The highest BCUT2D eigenvalue weighted by atomic mass is 16.2. The summed E-state index contributed by atoms with van der Waals surface area (Å²) >= 11 is 0. The van der Waals surface area contributed by atoms with Gasteiger partial charge >= 0.3 is 0 Å². The molecule has 1 aliphatic rings. The van der Waals surface area contributed by atoms with E-state index in [2.05, 4.69) is 29.5 Å². The van der Waals surface area contributed by atoms with Crippen LogP contribution in [0.2, 0.25) is 0 Å². The van der Waals surface area contributed by atoms with Gasteiger partial charge in [-0.3, -0.25) is 9.48 Å². The first-order valence-electron chi connectivity index (χ1n) is 6.17. The Kier molecular flexibility index (Phi) is 2.63. The molecule has 0 spiro atoms. The van der Waals surface area contributed by atoms with E-state index >= 15 is 0 Å². The fourth-order valence-corrected chi connectivity index (χ4v) is 2.16. The van der Waals surface area contributed by atoms with E-state index in [1.165, 1.54) is 5.56 Å². The maximum absolute atomic E-state index is 11.8. The average molecular weight is 241 g/mol. The van der Waals surface area contributed by atoms with Crippen LogP contribution in [0, 0.1) is 6.92 Å². The van der Waals surface area contributed by atoms with Gasteiger partial charge in [-0.05, 0) is 19.4 Å². The van der Waals surface area contributed by atoms with E-state index in [-0.39, 0.29) is 5.91 Å². The third-order valence-corrected chi connectivity index (χ3v) is 3.19. The molecule has 4 nitrogen and oxygen atoms in total. The fraction of sp³-hybridized carbons (Fsp3) is 0.286. The highest BCUT2D eigenvalue weighted by Gasteiger charge is 2.18. The van der Waals surface area contributed by atoms with Crippen molar-refractivity contribution in [3.05, 3.63) is 41.6 Å². The normalized spacial score (nSPS) is 14.8. The number of carbonyl (C=O) groups excluding carboxylic acids is 1. The summed E-state index contributed by atoms with van der Waals surface area (Å²) in [7, 11) is 0. The molecule has 0 saturated carbocycles. The minimum Gasteiger partial charge on any atom is -0.351 e. The van der Waals surface area contributed by atoms with Crippen LogP contribution >= 0.6 is 0 Å². The second-order valence-corrected chi connectivity index (χ2v) is 4.61. The predicted octanol–water partition coefficient (Wildman–Crippen LogP) is 1.99. The van der Waals surface area contributed by atoms with Crippen molar-refractivity contribution in [2.45, 2.75) is 19.9 Å². The van der Waals surface area contributed by atoms with Crippen molar-refractivity contribution in [3.8, 4) is 11.3 Å². The molecular formula is C14H15N3O. The lowest BCUT2D eigenvalue weighted by atomic mass is 10.1. The van der Waals surface area contributed by atoms with Crippen molar-refractivity contribution in [3.63, 3.8) is 0 Å². The summed E-state index contributed by atoms with van der Waals surface area (Å²) in [5.41, 5.74) is 3.79. The number of carbonyl (C=O) groups is 1. The van der Waals surface area contributed by atoms with E-state index in [0.717, 1.165) is 30.8 Å². The van der Waals surface area contributed by atoms with Crippen LogP contribution in [0.1, 0.15) is 22.5 Å². The summed E-state index contributed by atoms with van der Waals surface area (Å²) < 4.78 is 1.80. The SMILES string of the molecule is Cc1ccc(-c2cc3n(n2)CCCNC3=O)cc1. The third-order valence-electron chi connectivity index (χ3n) is 3.19. The second kappa shape index (κ2) is 4.29. The van der Waals surface area contributed by atoms with Gasteiger partial charge in [-0.2, -0.15) is 5.10 Å².